The molecule has 3 amide bonds. The van der Waals surface area contributed by atoms with Crippen molar-refractivity contribution in [3.63, 3.8) is 0 Å². The number of amides is 3. The summed E-state index contributed by atoms with van der Waals surface area (Å²) in [6.07, 6.45) is 1.87. The monoisotopic (exact) mass is 612 g/mol. The zero-order valence-electron chi connectivity index (χ0n) is 24.6. The van der Waals surface area contributed by atoms with E-state index in [2.05, 4.69) is 21.3 Å². The number of hydrogen-bond donors (Lipinski definition) is 10. The van der Waals surface area contributed by atoms with Crippen molar-refractivity contribution in [2.45, 2.75) is 69.1 Å². The van der Waals surface area contributed by atoms with Crippen molar-refractivity contribution in [1.82, 2.24) is 21.3 Å². The van der Waals surface area contributed by atoms with E-state index >= 15 is 0 Å². The van der Waals surface area contributed by atoms with Gasteiger partial charge in [0.1, 0.15) is 23.9 Å². The third-order valence-corrected chi connectivity index (χ3v) is 6.82. The van der Waals surface area contributed by atoms with Crippen LogP contribution in [0.1, 0.15) is 43.2 Å². The van der Waals surface area contributed by atoms with Gasteiger partial charge >= 0.3 is 5.97 Å². The lowest BCUT2D eigenvalue weighted by molar-refractivity contribution is -0.142. The Morgan fingerprint density at radius 2 is 1.32 bits per heavy atom. The van der Waals surface area contributed by atoms with E-state index in [0.717, 1.165) is 5.56 Å². The third-order valence-electron chi connectivity index (χ3n) is 6.82. The Bertz CT molecular complexity index is 1230. The predicted octanol–water partition coefficient (Wildman–Crippen LogP) is -0.564. The standard InChI is InChI=1S/C30H44N8O6/c31-15-5-4-9-23(27(41)37-24(29(43)44)10-6-16-35-30(33)34)36-28(42)25(18-20-11-13-21(39)14-12-20)38-26(40)22(32)17-19-7-2-1-3-8-19/h1-3,7-8,11-14,22-25,39H,4-6,9-10,15-18,31-32H2,(H,36,42)(H,37,41)(H,38,40)(H,43,44)(H4,33,34,35)/t22-,23-,24-,25-/m0/s1. The summed E-state index contributed by atoms with van der Waals surface area (Å²) in [7, 11) is 0. The average Bonchev–Trinajstić information content (AvgIpc) is 2.99. The maximum atomic E-state index is 13.6. The Kier molecular flexibility index (Phi) is 15.1. The average molecular weight is 613 g/mol. The van der Waals surface area contributed by atoms with E-state index < -0.39 is 47.9 Å². The highest BCUT2D eigenvalue weighted by Crippen LogP contribution is 2.13. The molecule has 0 aliphatic carbocycles. The van der Waals surface area contributed by atoms with Gasteiger partial charge < -0.3 is 48.7 Å². The van der Waals surface area contributed by atoms with Crippen molar-refractivity contribution in [2.75, 3.05) is 13.1 Å². The van der Waals surface area contributed by atoms with Gasteiger partial charge in [-0.25, -0.2) is 4.79 Å². The first-order chi connectivity index (χ1) is 21.0. The van der Waals surface area contributed by atoms with Crippen LogP contribution >= 0.6 is 0 Å². The first-order valence-corrected chi connectivity index (χ1v) is 14.5. The number of hydrogen-bond acceptors (Lipinski definition) is 8. The van der Waals surface area contributed by atoms with Crippen molar-refractivity contribution in [3.05, 3.63) is 65.7 Å². The van der Waals surface area contributed by atoms with Gasteiger partial charge in [0.05, 0.1) is 6.04 Å². The van der Waals surface area contributed by atoms with Crippen LogP contribution in [0.2, 0.25) is 0 Å². The molecule has 0 heterocycles. The van der Waals surface area contributed by atoms with Crippen LogP contribution in [0, 0.1) is 5.41 Å². The summed E-state index contributed by atoms with van der Waals surface area (Å²) in [5.41, 5.74) is 18.5. The van der Waals surface area contributed by atoms with Crippen molar-refractivity contribution in [1.29, 1.82) is 5.41 Å². The molecule has 0 aliphatic heterocycles. The molecule has 2 aromatic rings. The Labute approximate surface area is 256 Å². The van der Waals surface area contributed by atoms with Crippen molar-refractivity contribution in [2.24, 2.45) is 17.2 Å². The van der Waals surface area contributed by atoms with Crippen molar-refractivity contribution < 1.29 is 29.4 Å². The summed E-state index contributed by atoms with van der Waals surface area (Å²) in [6, 6.07) is 10.9. The van der Waals surface area contributed by atoms with Gasteiger partial charge in [-0.1, -0.05) is 42.5 Å². The summed E-state index contributed by atoms with van der Waals surface area (Å²) in [4.78, 5) is 51.8. The van der Waals surface area contributed by atoms with Gasteiger partial charge in [-0.2, -0.15) is 0 Å². The van der Waals surface area contributed by atoms with Crippen LogP contribution in [0.5, 0.6) is 5.75 Å². The minimum atomic E-state index is -1.25. The van der Waals surface area contributed by atoms with Crippen LogP contribution < -0.4 is 38.5 Å². The van der Waals surface area contributed by atoms with Gasteiger partial charge in [0.25, 0.3) is 0 Å². The summed E-state index contributed by atoms with van der Waals surface area (Å²) >= 11 is 0. The van der Waals surface area contributed by atoms with Crippen LogP contribution in [-0.2, 0) is 32.0 Å². The lowest BCUT2D eigenvalue weighted by Gasteiger charge is -2.25. The zero-order valence-corrected chi connectivity index (χ0v) is 24.6. The van der Waals surface area contributed by atoms with Gasteiger partial charge in [-0.05, 0) is 68.3 Å². The molecule has 0 saturated carbocycles. The first kappa shape index (κ1) is 35.5. The molecule has 44 heavy (non-hydrogen) atoms. The fourth-order valence-corrected chi connectivity index (χ4v) is 4.41. The number of aliphatic carboxylic acids is 1. The fourth-order valence-electron chi connectivity index (χ4n) is 4.41. The number of carbonyl (C=O) groups is 4. The Morgan fingerprint density at radius 1 is 0.750 bits per heavy atom. The molecule has 0 bridgehead atoms. The van der Waals surface area contributed by atoms with Crippen LogP contribution in [0.25, 0.3) is 0 Å². The van der Waals surface area contributed by atoms with Gasteiger partial charge in [-0.3, -0.25) is 19.8 Å². The number of carboxylic acids is 1. The second-order valence-electron chi connectivity index (χ2n) is 10.5. The molecule has 0 aliphatic rings. The van der Waals surface area contributed by atoms with Crippen LogP contribution in [0.3, 0.4) is 0 Å². The highest BCUT2D eigenvalue weighted by molar-refractivity contribution is 5.94. The number of benzene rings is 2. The number of carboxylic acid groups (broad SMARTS) is 1. The van der Waals surface area contributed by atoms with E-state index in [1.165, 1.54) is 12.1 Å². The quantitative estimate of drug-likeness (QED) is 0.0549. The van der Waals surface area contributed by atoms with Gasteiger partial charge in [0.2, 0.25) is 17.7 Å². The van der Waals surface area contributed by atoms with E-state index in [9.17, 15) is 29.4 Å². The molecule has 2 rings (SSSR count). The number of unbranched alkanes of at least 4 members (excludes halogenated alkanes) is 1. The molecule has 4 atom stereocenters. The Balaban J connectivity index is 2.20. The molecule has 240 valence electrons. The lowest BCUT2D eigenvalue weighted by Crippen LogP contribution is -2.57. The molecule has 14 heteroatoms. The number of phenolic OH excluding ortho intramolecular Hbond substituents is 1. The molecule has 14 nitrogen and oxygen atoms in total. The highest BCUT2D eigenvalue weighted by Gasteiger charge is 2.30. The fraction of sp³-hybridized carbons (Fsp3) is 0.433. The Hall–Kier alpha value is -4.69. The minimum Gasteiger partial charge on any atom is -0.508 e. The van der Waals surface area contributed by atoms with Gasteiger partial charge in [0.15, 0.2) is 5.96 Å². The van der Waals surface area contributed by atoms with E-state index in [4.69, 9.17) is 22.6 Å². The maximum absolute atomic E-state index is 13.6. The summed E-state index contributed by atoms with van der Waals surface area (Å²) in [6.45, 7) is 0.610. The normalized spacial score (nSPS) is 13.5. The lowest BCUT2D eigenvalue weighted by atomic mass is 10.0. The maximum Gasteiger partial charge on any atom is 0.326 e. The molecular weight excluding hydrogens is 568 g/mol. The number of phenols is 1. The van der Waals surface area contributed by atoms with E-state index in [0.29, 0.717) is 31.4 Å². The topological polar surface area (TPSA) is 259 Å². The van der Waals surface area contributed by atoms with Crippen LogP contribution in [0.4, 0.5) is 0 Å². The van der Waals surface area contributed by atoms with Crippen molar-refractivity contribution >= 4 is 29.7 Å². The molecule has 0 aromatic heterocycles. The largest absolute Gasteiger partial charge is 0.508 e. The highest BCUT2D eigenvalue weighted by atomic mass is 16.4. The number of nitrogens with one attached hydrogen (secondary N) is 5. The third kappa shape index (κ3) is 13.1. The molecule has 2 aromatic carbocycles. The number of nitrogens with two attached hydrogens (primary N) is 3. The number of guanidine groups is 1. The molecule has 0 saturated heterocycles. The molecule has 0 spiro atoms. The van der Waals surface area contributed by atoms with Crippen LogP contribution in [0.15, 0.2) is 54.6 Å². The molecular formula is C30H44N8O6. The summed E-state index contributed by atoms with van der Waals surface area (Å²) in [5, 5.41) is 37.0. The molecule has 13 N–H and O–H groups in total. The van der Waals surface area contributed by atoms with E-state index in [1.54, 1.807) is 12.1 Å². The molecule has 0 radical (unpaired) electrons. The number of carbonyl (C=O) groups excluding carboxylic acids is 3. The summed E-state index contributed by atoms with van der Waals surface area (Å²) in [5.74, 6) is -3.40. The first-order valence-electron chi connectivity index (χ1n) is 14.5. The second-order valence-corrected chi connectivity index (χ2v) is 10.5. The van der Waals surface area contributed by atoms with Gasteiger partial charge in [-0.15, -0.1) is 0 Å². The van der Waals surface area contributed by atoms with Crippen molar-refractivity contribution in [3.8, 4) is 5.75 Å². The minimum absolute atomic E-state index is 0.0327. The van der Waals surface area contributed by atoms with Crippen LogP contribution in [-0.4, -0.2) is 77.1 Å². The van der Waals surface area contributed by atoms with E-state index in [1.807, 2.05) is 30.3 Å². The smallest absolute Gasteiger partial charge is 0.326 e. The van der Waals surface area contributed by atoms with E-state index in [-0.39, 0.29) is 43.9 Å². The number of aromatic hydroxyl groups is 1. The second kappa shape index (κ2) is 18.8. The zero-order chi connectivity index (χ0) is 32.5. The Morgan fingerprint density at radius 3 is 1.93 bits per heavy atom. The predicted molar refractivity (Wildman–Crippen MR) is 165 cm³/mol. The van der Waals surface area contributed by atoms with Gasteiger partial charge in [0, 0.05) is 13.0 Å². The molecule has 0 unspecified atom stereocenters. The molecule has 0 fully saturated rings. The summed E-state index contributed by atoms with van der Waals surface area (Å²) < 4.78 is 0. The number of rotatable bonds is 19. The SMILES string of the molecule is N=C(N)NCCC[C@H](NC(=O)[C@H](CCCCN)NC(=O)[C@H](Cc1ccc(O)cc1)NC(=O)[C@@H](N)Cc1ccccc1)C(=O)O.